The molecule has 0 radical (unpaired) electrons. The Labute approximate surface area is 293 Å². The van der Waals surface area contributed by atoms with Gasteiger partial charge in [0.15, 0.2) is 23.2 Å². The molecule has 0 fully saturated rings. The van der Waals surface area contributed by atoms with Crippen molar-refractivity contribution in [2.24, 2.45) is 0 Å². The van der Waals surface area contributed by atoms with Crippen LogP contribution in [0.3, 0.4) is 0 Å². The quantitative estimate of drug-likeness (QED) is 0.106. The highest BCUT2D eigenvalue weighted by Crippen LogP contribution is 2.44. The number of nitrogens with zero attached hydrogens (tertiary/aromatic N) is 3. The summed E-state index contributed by atoms with van der Waals surface area (Å²) in [5.41, 5.74) is -3.56. The Morgan fingerprint density at radius 2 is 1.57 bits per heavy atom. The van der Waals surface area contributed by atoms with Crippen molar-refractivity contribution in [3.05, 3.63) is 100 Å². The second kappa shape index (κ2) is 15.1. The summed E-state index contributed by atoms with van der Waals surface area (Å²) >= 11 is 0. The van der Waals surface area contributed by atoms with Gasteiger partial charge in [-0.3, -0.25) is 5.32 Å². The Balaban J connectivity index is 1.65. The molecule has 0 saturated heterocycles. The van der Waals surface area contributed by atoms with E-state index in [9.17, 15) is 34.8 Å². The van der Waals surface area contributed by atoms with Crippen LogP contribution in [0.4, 0.5) is 29.3 Å². The molecule has 3 aromatic carbocycles. The van der Waals surface area contributed by atoms with E-state index in [1.165, 1.54) is 18.2 Å². The van der Waals surface area contributed by atoms with Gasteiger partial charge in [0.2, 0.25) is 5.36 Å². The molecular weight excluding hydrogens is 710 g/mol. The highest BCUT2D eigenvalue weighted by molar-refractivity contribution is 8.12. The van der Waals surface area contributed by atoms with Crippen molar-refractivity contribution in [2.45, 2.75) is 31.2 Å². The SMILES string of the molecule is CCN(CC)c1ccc2c(-c3ccccc3S(=O)(=O)[N-]S(=O)(=O)C(F)(F)F)c3ccc(=[N+](CC)CCOC(=O)Nc4ccccc4)cc-3oc2c1. The van der Waals surface area contributed by atoms with Gasteiger partial charge in [-0.25, -0.2) is 26.2 Å². The normalized spacial score (nSPS) is 12.9. The first-order valence-corrected chi connectivity index (χ1v) is 18.8. The molecule has 51 heavy (non-hydrogen) atoms. The number of carbonyl (C=O) groups is 1. The van der Waals surface area contributed by atoms with Gasteiger partial charge >= 0.3 is 11.6 Å². The lowest BCUT2D eigenvalue weighted by molar-refractivity contribution is -0.0425. The maximum atomic E-state index is 13.3. The molecule has 0 unspecified atom stereocenters. The van der Waals surface area contributed by atoms with Gasteiger partial charge in [-0.1, -0.05) is 36.4 Å². The predicted octanol–water partition coefficient (Wildman–Crippen LogP) is 7.00. The van der Waals surface area contributed by atoms with Gasteiger partial charge in [0, 0.05) is 58.7 Å². The molecule has 1 N–H and O–H groups in total. The second-order valence-corrected chi connectivity index (χ2v) is 14.6. The van der Waals surface area contributed by atoms with E-state index in [-0.39, 0.29) is 17.7 Å². The number of halogens is 3. The zero-order valence-corrected chi connectivity index (χ0v) is 29.5. The molecule has 270 valence electrons. The molecule has 1 amide bonds. The minimum absolute atomic E-state index is 0.0491. The van der Waals surface area contributed by atoms with E-state index < -0.39 is 36.5 Å². The van der Waals surface area contributed by atoms with Crippen LogP contribution in [0.25, 0.3) is 37.5 Å². The van der Waals surface area contributed by atoms with Crippen molar-refractivity contribution < 1.29 is 44.0 Å². The van der Waals surface area contributed by atoms with Crippen LogP contribution in [0.5, 0.6) is 0 Å². The summed E-state index contributed by atoms with van der Waals surface area (Å²) in [4.78, 5) is 13.7. The summed E-state index contributed by atoms with van der Waals surface area (Å²) in [6.07, 6.45) is -0.616. The first-order valence-electron chi connectivity index (χ1n) is 15.9. The van der Waals surface area contributed by atoms with Gasteiger partial charge in [0.1, 0.15) is 27.9 Å². The predicted molar refractivity (Wildman–Crippen MR) is 189 cm³/mol. The van der Waals surface area contributed by atoms with Gasteiger partial charge in [0.05, 0.1) is 11.0 Å². The standard InChI is InChI=1S/C35H35F3N4O7S2/c1-4-41(5-2)25-16-18-27-30(22-25)49-31-23-26(42(6-3)20-21-48-34(43)39-24-12-8-7-9-13-24)17-19-28(31)33(27)29-14-10-11-15-32(29)50(44,45)40-51(46,47)35(36,37)38/h7-19,22-23H,4-6,20-21H2,1-3H3,(H,39,43). The molecule has 0 spiro atoms. The zero-order valence-electron chi connectivity index (χ0n) is 27.8. The fourth-order valence-corrected chi connectivity index (χ4v) is 8.03. The number of rotatable bonds is 12. The smallest absolute Gasteiger partial charge is 0.456 e. The Kier molecular flexibility index (Phi) is 11.1. The largest absolute Gasteiger partial charge is 0.480 e. The maximum absolute atomic E-state index is 13.3. The van der Waals surface area contributed by atoms with Crippen LogP contribution in [-0.4, -0.2) is 61.2 Å². The Morgan fingerprint density at radius 3 is 2.24 bits per heavy atom. The maximum Gasteiger partial charge on any atom is 0.480 e. The average molecular weight is 745 g/mol. The Morgan fingerprint density at radius 1 is 0.882 bits per heavy atom. The van der Waals surface area contributed by atoms with Crippen molar-refractivity contribution >= 4 is 48.5 Å². The van der Waals surface area contributed by atoms with Gasteiger partial charge in [-0.15, -0.1) is 0 Å². The molecular formula is C35H35F3N4O7S2. The lowest BCUT2D eigenvalue weighted by Crippen LogP contribution is -2.33. The number of ether oxygens (including phenoxy) is 1. The third-order valence-corrected chi connectivity index (χ3v) is 11.2. The van der Waals surface area contributed by atoms with E-state index in [4.69, 9.17) is 9.15 Å². The van der Waals surface area contributed by atoms with Crippen molar-refractivity contribution in [2.75, 3.05) is 43.0 Å². The molecule has 0 aromatic heterocycles. The highest BCUT2D eigenvalue weighted by atomic mass is 32.3. The molecule has 0 bridgehead atoms. The molecule has 0 saturated carbocycles. The number of benzene rings is 4. The van der Waals surface area contributed by atoms with Gasteiger partial charge < -0.3 is 18.2 Å². The van der Waals surface area contributed by atoms with E-state index in [0.717, 1.165) is 11.8 Å². The number of amides is 1. The monoisotopic (exact) mass is 744 g/mol. The van der Waals surface area contributed by atoms with Crippen LogP contribution in [0.1, 0.15) is 20.8 Å². The molecule has 1 heterocycles. The minimum Gasteiger partial charge on any atom is -0.456 e. The minimum atomic E-state index is -6.38. The molecule has 3 aromatic rings. The van der Waals surface area contributed by atoms with Crippen LogP contribution in [0.15, 0.2) is 100 Å². The number of sulfonamides is 2. The number of alkyl halides is 3. The molecule has 1 aliphatic carbocycles. The van der Waals surface area contributed by atoms with E-state index in [1.807, 2.05) is 37.5 Å². The topological polar surface area (TPSA) is 140 Å². The third-order valence-electron chi connectivity index (χ3n) is 8.10. The molecule has 1 aliphatic heterocycles. The third kappa shape index (κ3) is 8.18. The van der Waals surface area contributed by atoms with E-state index in [0.29, 0.717) is 59.5 Å². The Hall–Kier alpha value is -4.93. The zero-order chi connectivity index (χ0) is 37.0. The fraction of sp³-hybridized carbons (Fsp3) is 0.257. The van der Waals surface area contributed by atoms with Crippen molar-refractivity contribution in [1.29, 1.82) is 0 Å². The summed E-state index contributed by atoms with van der Waals surface area (Å²) in [5.74, 6) is 0.305. The van der Waals surface area contributed by atoms with Crippen LogP contribution < -0.4 is 20.1 Å². The summed E-state index contributed by atoms with van der Waals surface area (Å²) in [5, 5.41) is 3.76. The Bertz CT molecular complexity index is 2310. The highest BCUT2D eigenvalue weighted by Gasteiger charge is 2.41. The number of hydrogen-bond donors (Lipinski definition) is 1. The molecule has 0 atom stereocenters. The average Bonchev–Trinajstić information content (AvgIpc) is 3.09. The van der Waals surface area contributed by atoms with Gasteiger partial charge in [0.25, 0.3) is 0 Å². The number of likely N-dealkylation sites (N-methyl/N-ethyl adjacent to an activating group) is 1. The van der Waals surface area contributed by atoms with E-state index in [1.54, 1.807) is 54.6 Å². The molecule has 11 nitrogen and oxygen atoms in total. The number of carbonyl (C=O) groups excluding carboxylic acids is 1. The van der Waals surface area contributed by atoms with Crippen molar-refractivity contribution in [3.63, 3.8) is 0 Å². The number of hydrogen-bond acceptors (Lipinski definition) is 8. The molecule has 5 rings (SSSR count). The van der Waals surface area contributed by atoms with Crippen molar-refractivity contribution in [1.82, 2.24) is 4.58 Å². The second-order valence-electron chi connectivity index (χ2n) is 11.2. The van der Waals surface area contributed by atoms with Crippen LogP contribution in [-0.2, 0) is 24.8 Å². The number of nitrogens with one attached hydrogen (secondary N) is 1. The summed E-state index contributed by atoms with van der Waals surface area (Å²) in [7, 11) is -11.8. The van der Waals surface area contributed by atoms with Crippen LogP contribution in [0, 0.1) is 0 Å². The summed E-state index contributed by atoms with van der Waals surface area (Å²) < 4.78 is 106. The van der Waals surface area contributed by atoms with Crippen molar-refractivity contribution in [3.8, 4) is 22.5 Å². The lowest BCUT2D eigenvalue weighted by Gasteiger charge is -2.25. The summed E-state index contributed by atoms with van der Waals surface area (Å²) in [6.45, 7) is 8.11. The molecule has 2 aliphatic rings. The van der Waals surface area contributed by atoms with Crippen LogP contribution in [0.2, 0.25) is 0 Å². The van der Waals surface area contributed by atoms with Gasteiger partial charge in [-0.05, 0) is 57.2 Å². The number of anilines is 2. The van der Waals surface area contributed by atoms with Crippen LogP contribution >= 0.6 is 0 Å². The van der Waals surface area contributed by atoms with E-state index in [2.05, 4.69) is 14.3 Å². The first-order chi connectivity index (χ1) is 24.2. The molecule has 16 heteroatoms. The lowest BCUT2D eigenvalue weighted by atomic mass is 9.93. The first kappa shape index (κ1) is 37.3. The van der Waals surface area contributed by atoms with E-state index >= 15 is 0 Å². The number of fused-ring (bicyclic) bond motifs is 2. The summed E-state index contributed by atoms with van der Waals surface area (Å²) in [6, 6.07) is 24.5. The fourth-order valence-electron chi connectivity index (χ4n) is 5.64. The number of para-hydroxylation sites is 1. The van der Waals surface area contributed by atoms with Gasteiger partial charge in [-0.2, -0.15) is 13.2 Å².